The molecule has 9 rings (SSSR count). The highest BCUT2D eigenvalue weighted by atomic mass is 16.5. The van der Waals surface area contributed by atoms with E-state index in [2.05, 4.69) is 72.3 Å². The third kappa shape index (κ3) is 6.69. The van der Waals surface area contributed by atoms with Crippen molar-refractivity contribution >= 4 is 69.7 Å². The Balaban J connectivity index is 1.48. The Labute approximate surface area is 345 Å². The molecule has 0 aliphatic carbocycles. The molecule has 0 saturated heterocycles. The van der Waals surface area contributed by atoms with Crippen LogP contribution in [0, 0.1) is 13.8 Å². The highest BCUT2D eigenvalue weighted by molar-refractivity contribution is 6.03. The molecule has 2 aliphatic rings. The number of nitrogens with two attached hydrogens (primary N) is 2. The molecule has 0 unspecified atom stereocenters. The molecule has 8 bridgehead atoms. The van der Waals surface area contributed by atoms with Crippen molar-refractivity contribution in [3.8, 4) is 44.5 Å². The Morgan fingerprint density at radius 2 is 0.800 bits per heavy atom. The molecule has 0 radical (unpaired) electrons. The van der Waals surface area contributed by atoms with Crippen molar-refractivity contribution in [3.63, 3.8) is 0 Å². The molecule has 4 aromatic carbocycles. The predicted molar refractivity (Wildman–Crippen MR) is 242 cm³/mol. The number of nitrogens with zero attached hydrogens (tertiary/aromatic N) is 2. The van der Waals surface area contributed by atoms with Crippen LogP contribution in [0.15, 0.2) is 109 Å². The highest BCUT2D eigenvalue weighted by Crippen LogP contribution is 2.41. The van der Waals surface area contributed by atoms with Crippen molar-refractivity contribution in [1.82, 2.24) is 19.9 Å². The topological polar surface area (TPSA) is 162 Å². The van der Waals surface area contributed by atoms with E-state index >= 15 is 0 Å². The first-order chi connectivity index (χ1) is 29.1. The molecule has 7 aromatic rings. The minimum atomic E-state index is -0.478. The zero-order valence-corrected chi connectivity index (χ0v) is 33.4. The number of nitrogen functional groups attached to an aromatic ring is 2. The number of aryl methyl sites for hydroxylation is 2. The normalized spacial score (nSPS) is 11.8. The molecule has 0 saturated carbocycles. The SMILES string of the molecule is COC(=O)c1ccc(N)c(-c2c3nc(c(-c4ccc(C)cc4)c4ccc([nH]4)c(-c4cc(C(=O)OC)ccc4N)c4nc(c(-c5ccc(C)cc5)c5ccc2[nH]5)C=C4)C=C3)c1. The second-order valence-electron chi connectivity index (χ2n) is 14.8. The zero-order chi connectivity index (χ0) is 41.7. The number of nitrogens with one attached hydrogen (secondary N) is 2. The molecule has 0 spiro atoms. The van der Waals surface area contributed by atoms with Gasteiger partial charge in [0.2, 0.25) is 0 Å². The number of rotatable bonds is 6. The van der Waals surface area contributed by atoms with Crippen LogP contribution in [-0.2, 0) is 9.47 Å². The van der Waals surface area contributed by atoms with E-state index in [1.165, 1.54) is 14.2 Å². The van der Waals surface area contributed by atoms with E-state index in [0.717, 1.165) is 55.4 Å². The number of aromatic amines is 2. The first-order valence-electron chi connectivity index (χ1n) is 19.4. The third-order valence-corrected chi connectivity index (χ3v) is 10.9. The quantitative estimate of drug-likeness (QED) is 0.0956. The highest BCUT2D eigenvalue weighted by Gasteiger charge is 2.22. The summed E-state index contributed by atoms with van der Waals surface area (Å²) in [5, 5.41) is 0. The monoisotopic (exact) mass is 788 g/mol. The van der Waals surface area contributed by atoms with Crippen LogP contribution >= 0.6 is 0 Å². The molecule has 3 aromatic heterocycles. The molecule has 10 heteroatoms. The van der Waals surface area contributed by atoms with Gasteiger partial charge >= 0.3 is 11.9 Å². The number of H-pyrrole nitrogens is 2. The van der Waals surface area contributed by atoms with Gasteiger partial charge in [-0.25, -0.2) is 19.6 Å². The number of methoxy groups -OCH3 is 2. The Hall–Kier alpha value is -7.98. The smallest absolute Gasteiger partial charge is 0.337 e. The summed E-state index contributed by atoms with van der Waals surface area (Å²) in [6.45, 7) is 4.10. The number of benzene rings is 4. The second-order valence-corrected chi connectivity index (χ2v) is 14.8. The molecule has 60 heavy (non-hydrogen) atoms. The number of aromatic nitrogens is 4. The maximum Gasteiger partial charge on any atom is 0.337 e. The lowest BCUT2D eigenvalue weighted by atomic mass is 9.99. The van der Waals surface area contributed by atoms with Crippen LogP contribution in [0.1, 0.15) is 54.6 Å². The zero-order valence-electron chi connectivity index (χ0n) is 33.4. The number of anilines is 2. The maximum atomic E-state index is 12.9. The first kappa shape index (κ1) is 37.6. The summed E-state index contributed by atoms with van der Waals surface area (Å²) < 4.78 is 10.2. The number of esters is 2. The van der Waals surface area contributed by atoms with Crippen molar-refractivity contribution in [1.29, 1.82) is 0 Å². The van der Waals surface area contributed by atoms with E-state index < -0.39 is 11.9 Å². The molecular formula is C50H40N6O4. The number of carbonyl (C=O) groups excluding carboxylic acids is 2. The van der Waals surface area contributed by atoms with Crippen LogP contribution in [0.2, 0.25) is 0 Å². The summed E-state index contributed by atoms with van der Waals surface area (Å²) in [5.74, 6) is -0.956. The molecule has 10 nitrogen and oxygen atoms in total. The number of carbonyl (C=O) groups is 2. The fourth-order valence-corrected chi connectivity index (χ4v) is 7.86. The van der Waals surface area contributed by atoms with Gasteiger partial charge in [0.05, 0.1) is 48.1 Å². The van der Waals surface area contributed by atoms with Gasteiger partial charge < -0.3 is 30.9 Å². The molecule has 6 N–H and O–H groups in total. The summed E-state index contributed by atoms with van der Waals surface area (Å²) in [7, 11) is 2.71. The van der Waals surface area contributed by atoms with Crippen LogP contribution in [0.25, 0.3) is 90.9 Å². The lowest BCUT2D eigenvalue weighted by molar-refractivity contribution is 0.0592. The van der Waals surface area contributed by atoms with Crippen molar-refractivity contribution < 1.29 is 19.1 Å². The minimum absolute atomic E-state index is 0.357. The largest absolute Gasteiger partial charge is 0.465 e. The summed E-state index contributed by atoms with van der Waals surface area (Å²) in [4.78, 5) is 43.8. The first-order valence-corrected chi connectivity index (χ1v) is 19.4. The molecule has 294 valence electrons. The maximum absolute atomic E-state index is 12.9. The molecular weight excluding hydrogens is 749 g/mol. The van der Waals surface area contributed by atoms with Crippen LogP contribution in [0.4, 0.5) is 11.4 Å². The van der Waals surface area contributed by atoms with Gasteiger partial charge in [0.25, 0.3) is 0 Å². The van der Waals surface area contributed by atoms with E-state index in [1.807, 2.05) is 48.6 Å². The van der Waals surface area contributed by atoms with Crippen molar-refractivity contribution in [2.24, 2.45) is 0 Å². The van der Waals surface area contributed by atoms with E-state index in [1.54, 1.807) is 36.4 Å². The Kier molecular flexibility index (Phi) is 9.44. The average Bonchev–Trinajstić information content (AvgIpc) is 4.11. The van der Waals surface area contributed by atoms with Gasteiger partial charge in [0.15, 0.2) is 0 Å². The minimum Gasteiger partial charge on any atom is -0.465 e. The molecule has 0 amide bonds. The molecule has 0 fully saturated rings. The number of fused-ring (bicyclic) bond motifs is 8. The number of hydrogen-bond acceptors (Lipinski definition) is 8. The summed E-state index contributed by atoms with van der Waals surface area (Å²) >= 11 is 0. The summed E-state index contributed by atoms with van der Waals surface area (Å²) in [5.41, 5.74) is 29.3. The van der Waals surface area contributed by atoms with Crippen molar-refractivity contribution in [3.05, 3.63) is 154 Å². The summed E-state index contributed by atoms with van der Waals surface area (Å²) in [6.07, 6.45) is 7.92. The molecule has 5 heterocycles. The lowest BCUT2D eigenvalue weighted by Crippen LogP contribution is -2.03. The third-order valence-electron chi connectivity index (χ3n) is 10.9. The van der Waals surface area contributed by atoms with Gasteiger partial charge in [0, 0.05) is 66.8 Å². The Bertz CT molecular complexity index is 2920. The van der Waals surface area contributed by atoms with Crippen LogP contribution in [-0.4, -0.2) is 46.1 Å². The van der Waals surface area contributed by atoms with Gasteiger partial charge in [-0.3, -0.25) is 0 Å². The van der Waals surface area contributed by atoms with Crippen molar-refractivity contribution in [2.75, 3.05) is 25.7 Å². The van der Waals surface area contributed by atoms with E-state index in [-0.39, 0.29) is 0 Å². The van der Waals surface area contributed by atoms with Gasteiger partial charge in [-0.15, -0.1) is 0 Å². The van der Waals surface area contributed by atoms with Crippen LogP contribution in [0.3, 0.4) is 0 Å². The lowest BCUT2D eigenvalue weighted by Gasteiger charge is -2.11. The van der Waals surface area contributed by atoms with Crippen LogP contribution < -0.4 is 11.5 Å². The molecule has 0 atom stereocenters. The van der Waals surface area contributed by atoms with Gasteiger partial charge in [-0.05, 0) is 110 Å². The fraction of sp³-hybridized carbons (Fsp3) is 0.0800. The van der Waals surface area contributed by atoms with E-state index in [9.17, 15) is 9.59 Å². The fourth-order valence-electron chi connectivity index (χ4n) is 7.86. The van der Waals surface area contributed by atoms with E-state index in [4.69, 9.17) is 30.9 Å². The molecule has 2 aliphatic heterocycles. The Morgan fingerprint density at radius 3 is 1.15 bits per heavy atom. The predicted octanol–water partition coefficient (Wildman–Crippen LogP) is 10.7. The van der Waals surface area contributed by atoms with Crippen molar-refractivity contribution in [2.45, 2.75) is 13.8 Å². The van der Waals surface area contributed by atoms with Gasteiger partial charge in [-0.1, -0.05) is 59.7 Å². The standard InChI is InChI=1S/C50H40N6O4/c1-27-5-9-29(10-6-27)45-37-17-21-41(53-37)47(33-25-31(49(57)59-3)13-15-35(33)51)43-23-19-39(55-43)46(30-11-7-28(2)8-12-30)40-20-24-44(56-40)48(42-22-18-38(45)54-42)34-26-32(50(58)60-4)14-16-36(34)52/h5-26,53,56H,51-52H2,1-4H3. The average molecular weight is 789 g/mol. The van der Waals surface area contributed by atoms with Crippen LogP contribution in [0.5, 0.6) is 0 Å². The van der Waals surface area contributed by atoms with E-state index in [0.29, 0.717) is 67.5 Å². The number of ether oxygens (including phenoxy) is 2. The van der Waals surface area contributed by atoms with Gasteiger partial charge in [-0.2, -0.15) is 0 Å². The van der Waals surface area contributed by atoms with Gasteiger partial charge in [0.1, 0.15) is 0 Å². The number of hydrogen-bond donors (Lipinski definition) is 4. The summed E-state index contributed by atoms with van der Waals surface area (Å²) in [6, 6.07) is 34.9. The second kappa shape index (κ2) is 15.1. The Morgan fingerprint density at radius 1 is 0.467 bits per heavy atom.